The van der Waals surface area contributed by atoms with E-state index in [0.29, 0.717) is 11.6 Å². The molecule has 5 rings (SSSR count). The van der Waals surface area contributed by atoms with Crippen LogP contribution >= 0.6 is 0 Å². The van der Waals surface area contributed by atoms with Crippen LogP contribution in [0.1, 0.15) is 53.3 Å². The summed E-state index contributed by atoms with van der Waals surface area (Å²) in [5.74, 6) is 0. The van der Waals surface area contributed by atoms with Crippen molar-refractivity contribution >= 4 is 34.4 Å². The largest absolute Gasteiger partial charge is 0.361 e. The molecule has 194 valence electrons. The van der Waals surface area contributed by atoms with E-state index >= 15 is 0 Å². The van der Waals surface area contributed by atoms with Crippen LogP contribution < -0.4 is 10.6 Å². The number of nitrogens with zero attached hydrogens (tertiary/aromatic N) is 3. The van der Waals surface area contributed by atoms with Gasteiger partial charge in [-0.1, -0.05) is 43.3 Å². The normalized spacial score (nSPS) is 15.9. The topological polar surface area (TPSA) is 79.8 Å². The molecule has 3 N–H and O–H groups in total. The Morgan fingerprint density at radius 1 is 1.13 bits per heavy atom. The number of likely N-dealkylation sites (tertiary alicyclic amines) is 1. The SMILES string of the molecule is CCN1CCCC1CNCc1ccc(/C=C/c2c(C)ncc(C#N)c2Nc2ccc3[nH]ccc3c2C)cc1. The van der Waals surface area contributed by atoms with Crippen molar-refractivity contribution in [3.05, 3.63) is 88.4 Å². The summed E-state index contributed by atoms with van der Waals surface area (Å²) in [4.78, 5) is 10.3. The molecule has 6 nitrogen and oxygen atoms in total. The van der Waals surface area contributed by atoms with Crippen molar-refractivity contribution in [1.29, 1.82) is 5.26 Å². The van der Waals surface area contributed by atoms with Gasteiger partial charge in [-0.2, -0.15) is 5.26 Å². The van der Waals surface area contributed by atoms with Crippen LogP contribution in [0.4, 0.5) is 11.4 Å². The molecular formula is C32H36N6. The van der Waals surface area contributed by atoms with Gasteiger partial charge in [-0.05, 0) is 74.7 Å². The van der Waals surface area contributed by atoms with Gasteiger partial charge in [0, 0.05) is 59.4 Å². The molecule has 0 amide bonds. The molecule has 2 aromatic heterocycles. The van der Waals surface area contributed by atoms with Crippen LogP contribution in [0.3, 0.4) is 0 Å². The highest BCUT2D eigenvalue weighted by Gasteiger charge is 2.22. The predicted molar refractivity (Wildman–Crippen MR) is 157 cm³/mol. The molecule has 1 atom stereocenters. The molecule has 1 saturated heterocycles. The third kappa shape index (κ3) is 5.50. The second-order valence-electron chi connectivity index (χ2n) is 10.1. The Balaban J connectivity index is 1.31. The summed E-state index contributed by atoms with van der Waals surface area (Å²) < 4.78 is 0. The average molecular weight is 505 g/mol. The van der Waals surface area contributed by atoms with Gasteiger partial charge in [-0.3, -0.25) is 9.88 Å². The van der Waals surface area contributed by atoms with Crippen molar-refractivity contribution in [2.24, 2.45) is 0 Å². The maximum atomic E-state index is 9.84. The number of anilines is 2. The number of fused-ring (bicyclic) bond motifs is 1. The number of likely N-dealkylation sites (N-methyl/N-ethyl adjacent to an activating group) is 1. The number of pyridine rings is 1. The fraction of sp³-hybridized carbons (Fsp3) is 0.312. The molecular weight excluding hydrogens is 468 g/mol. The van der Waals surface area contributed by atoms with Gasteiger partial charge in [0.25, 0.3) is 0 Å². The lowest BCUT2D eigenvalue weighted by Gasteiger charge is -2.23. The second kappa shape index (κ2) is 11.6. The lowest BCUT2D eigenvalue weighted by molar-refractivity contribution is 0.260. The Bertz CT molecular complexity index is 1470. The highest BCUT2D eigenvalue weighted by atomic mass is 15.2. The number of aromatic amines is 1. The van der Waals surface area contributed by atoms with Crippen molar-refractivity contribution < 1.29 is 0 Å². The van der Waals surface area contributed by atoms with E-state index in [9.17, 15) is 5.26 Å². The molecule has 2 aromatic carbocycles. The molecule has 0 spiro atoms. The van der Waals surface area contributed by atoms with Crippen molar-refractivity contribution in [2.45, 2.75) is 46.2 Å². The van der Waals surface area contributed by atoms with Crippen LogP contribution in [0.15, 0.2) is 54.9 Å². The van der Waals surface area contributed by atoms with Crippen molar-refractivity contribution in [3.8, 4) is 6.07 Å². The number of benzene rings is 2. The summed E-state index contributed by atoms with van der Waals surface area (Å²) >= 11 is 0. The van der Waals surface area contributed by atoms with E-state index in [1.165, 1.54) is 24.9 Å². The first-order chi connectivity index (χ1) is 18.6. The molecule has 0 aliphatic carbocycles. The van der Waals surface area contributed by atoms with E-state index in [2.05, 4.69) is 100 Å². The van der Waals surface area contributed by atoms with Gasteiger partial charge in [-0.15, -0.1) is 0 Å². The minimum atomic E-state index is 0.522. The van der Waals surface area contributed by atoms with Crippen LogP contribution in [0.25, 0.3) is 23.1 Å². The zero-order valence-electron chi connectivity index (χ0n) is 22.5. The van der Waals surface area contributed by atoms with Crippen LogP contribution in [0.2, 0.25) is 0 Å². The minimum Gasteiger partial charge on any atom is -0.361 e. The molecule has 3 heterocycles. The Labute approximate surface area is 225 Å². The van der Waals surface area contributed by atoms with Gasteiger partial charge in [0.2, 0.25) is 0 Å². The first-order valence-electron chi connectivity index (χ1n) is 13.5. The number of H-pyrrole nitrogens is 1. The Morgan fingerprint density at radius 3 is 2.76 bits per heavy atom. The molecule has 1 aliphatic heterocycles. The third-order valence-corrected chi connectivity index (χ3v) is 7.74. The van der Waals surface area contributed by atoms with Crippen molar-refractivity contribution in [3.63, 3.8) is 0 Å². The Morgan fingerprint density at radius 2 is 1.97 bits per heavy atom. The van der Waals surface area contributed by atoms with E-state index in [0.717, 1.165) is 64.3 Å². The molecule has 0 radical (unpaired) electrons. The third-order valence-electron chi connectivity index (χ3n) is 7.74. The summed E-state index contributed by atoms with van der Waals surface area (Å²) in [6.07, 6.45) is 10.3. The number of hydrogen-bond donors (Lipinski definition) is 3. The first kappa shape index (κ1) is 25.7. The van der Waals surface area contributed by atoms with E-state index < -0.39 is 0 Å². The molecule has 38 heavy (non-hydrogen) atoms. The second-order valence-corrected chi connectivity index (χ2v) is 10.1. The fourth-order valence-electron chi connectivity index (χ4n) is 5.45. The molecule has 1 fully saturated rings. The lowest BCUT2D eigenvalue weighted by Crippen LogP contribution is -2.37. The predicted octanol–water partition coefficient (Wildman–Crippen LogP) is 6.54. The monoisotopic (exact) mass is 504 g/mol. The maximum Gasteiger partial charge on any atom is 0.103 e. The van der Waals surface area contributed by atoms with Gasteiger partial charge >= 0.3 is 0 Å². The zero-order chi connectivity index (χ0) is 26.5. The number of aryl methyl sites for hydroxylation is 2. The first-order valence-corrected chi connectivity index (χ1v) is 13.5. The highest BCUT2D eigenvalue weighted by molar-refractivity contribution is 5.90. The molecule has 0 saturated carbocycles. The van der Waals surface area contributed by atoms with E-state index in [1.54, 1.807) is 6.20 Å². The van der Waals surface area contributed by atoms with Crippen molar-refractivity contribution in [2.75, 3.05) is 25.0 Å². The van der Waals surface area contributed by atoms with E-state index in [1.807, 2.05) is 13.1 Å². The zero-order valence-corrected chi connectivity index (χ0v) is 22.5. The quantitative estimate of drug-likeness (QED) is 0.241. The van der Waals surface area contributed by atoms with Gasteiger partial charge in [-0.25, -0.2) is 0 Å². The summed E-state index contributed by atoms with van der Waals surface area (Å²) in [6.45, 7) is 10.6. The number of nitrogens with one attached hydrogen (secondary N) is 3. The summed E-state index contributed by atoms with van der Waals surface area (Å²) in [6, 6.07) is 17.8. The minimum absolute atomic E-state index is 0.522. The van der Waals surface area contributed by atoms with Crippen LogP contribution in [0.5, 0.6) is 0 Å². The van der Waals surface area contributed by atoms with E-state index in [4.69, 9.17) is 0 Å². The smallest absolute Gasteiger partial charge is 0.103 e. The van der Waals surface area contributed by atoms with Gasteiger partial charge < -0.3 is 15.6 Å². The van der Waals surface area contributed by atoms with Crippen LogP contribution in [-0.4, -0.2) is 40.5 Å². The average Bonchev–Trinajstić information content (AvgIpc) is 3.60. The molecule has 1 aliphatic rings. The number of aromatic nitrogens is 2. The molecule has 1 unspecified atom stereocenters. The summed E-state index contributed by atoms with van der Waals surface area (Å²) in [5.41, 5.74) is 8.70. The molecule has 6 heteroatoms. The molecule has 4 aromatic rings. The van der Waals surface area contributed by atoms with E-state index in [-0.39, 0.29) is 0 Å². The van der Waals surface area contributed by atoms with Crippen LogP contribution in [0, 0.1) is 25.2 Å². The van der Waals surface area contributed by atoms with Gasteiger partial charge in [0.15, 0.2) is 0 Å². The Hall–Kier alpha value is -3.92. The maximum absolute atomic E-state index is 9.84. The number of rotatable bonds is 9. The number of hydrogen-bond acceptors (Lipinski definition) is 5. The molecule has 0 bridgehead atoms. The van der Waals surface area contributed by atoms with Gasteiger partial charge in [0.1, 0.15) is 6.07 Å². The summed E-state index contributed by atoms with van der Waals surface area (Å²) in [7, 11) is 0. The summed E-state index contributed by atoms with van der Waals surface area (Å²) in [5, 5.41) is 18.2. The lowest BCUT2D eigenvalue weighted by atomic mass is 10.0. The fourth-order valence-corrected chi connectivity index (χ4v) is 5.45. The van der Waals surface area contributed by atoms with Gasteiger partial charge in [0.05, 0.1) is 11.3 Å². The highest BCUT2D eigenvalue weighted by Crippen LogP contribution is 2.32. The van der Waals surface area contributed by atoms with Crippen molar-refractivity contribution in [1.82, 2.24) is 20.2 Å². The van der Waals surface area contributed by atoms with Crippen LogP contribution in [-0.2, 0) is 6.54 Å². The number of nitriles is 1. The standard InChI is InChI=1S/C32H36N6/c1-4-38-17-5-6-27(38)21-34-19-25-9-7-24(8-10-25)11-12-29-23(3)36-20-26(18-33)32(29)37-30-13-14-31-28(22(30)2)15-16-35-31/h7-16,20,27,34-35H,4-6,17,19,21H2,1-3H3,(H,36,37)/b12-11+. The Kier molecular flexibility index (Phi) is 7.88.